The van der Waals surface area contributed by atoms with Crippen LogP contribution in [0, 0.1) is 5.92 Å². The molecule has 4 heteroatoms. The highest BCUT2D eigenvalue weighted by Crippen LogP contribution is 2.17. The van der Waals surface area contributed by atoms with Crippen LogP contribution in [0.15, 0.2) is 47.1 Å². The predicted molar refractivity (Wildman–Crippen MR) is 80.6 cm³/mol. The van der Waals surface area contributed by atoms with Crippen molar-refractivity contribution in [1.29, 1.82) is 0 Å². The monoisotopic (exact) mass is 272 g/mol. The van der Waals surface area contributed by atoms with Crippen LogP contribution >= 0.6 is 0 Å². The Kier molecular flexibility index (Phi) is 4.82. The van der Waals surface area contributed by atoms with Crippen LogP contribution in [-0.4, -0.2) is 5.91 Å². The summed E-state index contributed by atoms with van der Waals surface area (Å²) in [7, 11) is 0. The number of hydrogen-bond acceptors (Lipinski definition) is 3. The SMILES string of the molecule is CC(C)CC(=O)Nc1cccc(NCc2ccco2)c1. The van der Waals surface area contributed by atoms with Gasteiger partial charge in [-0.25, -0.2) is 0 Å². The lowest BCUT2D eigenvalue weighted by Crippen LogP contribution is -2.13. The van der Waals surface area contributed by atoms with Gasteiger partial charge in [0.1, 0.15) is 5.76 Å². The molecule has 1 aromatic carbocycles. The molecule has 0 unspecified atom stereocenters. The van der Waals surface area contributed by atoms with E-state index in [1.165, 1.54) is 0 Å². The minimum absolute atomic E-state index is 0.0446. The minimum Gasteiger partial charge on any atom is -0.467 e. The van der Waals surface area contributed by atoms with Gasteiger partial charge in [0, 0.05) is 17.8 Å². The van der Waals surface area contributed by atoms with Gasteiger partial charge in [-0.3, -0.25) is 4.79 Å². The van der Waals surface area contributed by atoms with Gasteiger partial charge < -0.3 is 15.1 Å². The van der Waals surface area contributed by atoms with Gasteiger partial charge >= 0.3 is 0 Å². The molecule has 106 valence electrons. The van der Waals surface area contributed by atoms with Gasteiger partial charge in [0.2, 0.25) is 5.91 Å². The molecule has 0 aliphatic carbocycles. The molecule has 0 saturated heterocycles. The summed E-state index contributed by atoms with van der Waals surface area (Å²) in [5, 5.41) is 6.16. The number of furan rings is 1. The fraction of sp³-hybridized carbons (Fsp3) is 0.312. The molecule has 0 fully saturated rings. The fourth-order valence-electron chi connectivity index (χ4n) is 1.89. The molecule has 1 amide bonds. The van der Waals surface area contributed by atoms with E-state index in [-0.39, 0.29) is 5.91 Å². The van der Waals surface area contributed by atoms with Crippen LogP contribution in [0.4, 0.5) is 11.4 Å². The van der Waals surface area contributed by atoms with Crippen molar-refractivity contribution in [2.24, 2.45) is 5.92 Å². The summed E-state index contributed by atoms with van der Waals surface area (Å²) in [6.07, 6.45) is 2.18. The Morgan fingerprint density at radius 1 is 1.20 bits per heavy atom. The van der Waals surface area contributed by atoms with E-state index in [4.69, 9.17) is 4.42 Å². The highest BCUT2D eigenvalue weighted by atomic mass is 16.3. The Bertz CT molecular complexity index is 547. The number of amides is 1. The molecule has 0 aliphatic rings. The number of rotatable bonds is 6. The van der Waals surface area contributed by atoms with E-state index >= 15 is 0 Å². The van der Waals surface area contributed by atoms with Crippen molar-refractivity contribution >= 4 is 17.3 Å². The van der Waals surface area contributed by atoms with Gasteiger partial charge in [0.25, 0.3) is 0 Å². The topological polar surface area (TPSA) is 54.3 Å². The summed E-state index contributed by atoms with van der Waals surface area (Å²) in [6, 6.07) is 11.5. The zero-order valence-corrected chi connectivity index (χ0v) is 11.8. The van der Waals surface area contributed by atoms with Crippen LogP contribution in [0.5, 0.6) is 0 Å². The summed E-state index contributed by atoms with van der Waals surface area (Å²) < 4.78 is 5.26. The Hall–Kier alpha value is -2.23. The van der Waals surface area contributed by atoms with Gasteiger partial charge in [-0.1, -0.05) is 19.9 Å². The molecule has 1 heterocycles. The second-order valence-corrected chi connectivity index (χ2v) is 5.16. The summed E-state index contributed by atoms with van der Waals surface area (Å²) in [5.74, 6) is 1.28. The largest absolute Gasteiger partial charge is 0.467 e. The molecule has 0 saturated carbocycles. The summed E-state index contributed by atoms with van der Waals surface area (Å²) in [5.41, 5.74) is 1.75. The molecule has 4 nitrogen and oxygen atoms in total. The molecule has 2 aromatic rings. The van der Waals surface area contributed by atoms with Gasteiger partial charge in [0.05, 0.1) is 12.8 Å². The summed E-state index contributed by atoms with van der Waals surface area (Å²) >= 11 is 0. The molecule has 2 N–H and O–H groups in total. The fourth-order valence-corrected chi connectivity index (χ4v) is 1.89. The van der Waals surface area contributed by atoms with Gasteiger partial charge in [0.15, 0.2) is 0 Å². The zero-order valence-electron chi connectivity index (χ0n) is 11.8. The second-order valence-electron chi connectivity index (χ2n) is 5.16. The molecule has 0 spiro atoms. The average molecular weight is 272 g/mol. The van der Waals surface area contributed by atoms with Crippen molar-refractivity contribution in [1.82, 2.24) is 0 Å². The van der Waals surface area contributed by atoms with Crippen LogP contribution < -0.4 is 10.6 Å². The van der Waals surface area contributed by atoms with Crippen LogP contribution in [0.3, 0.4) is 0 Å². The number of hydrogen-bond donors (Lipinski definition) is 2. The Labute approximate surface area is 119 Å². The minimum atomic E-state index is 0.0446. The quantitative estimate of drug-likeness (QED) is 0.839. The molecule has 0 atom stereocenters. The highest BCUT2D eigenvalue weighted by Gasteiger charge is 2.05. The molecule has 1 aromatic heterocycles. The van der Waals surface area contributed by atoms with Crippen molar-refractivity contribution in [2.75, 3.05) is 10.6 Å². The van der Waals surface area contributed by atoms with Crippen LogP contribution in [0.2, 0.25) is 0 Å². The molecule has 0 radical (unpaired) electrons. The molecular formula is C16H20N2O2. The zero-order chi connectivity index (χ0) is 14.4. The van der Waals surface area contributed by atoms with Gasteiger partial charge in [-0.2, -0.15) is 0 Å². The Morgan fingerprint density at radius 2 is 2.00 bits per heavy atom. The number of carbonyl (C=O) groups excluding carboxylic acids is 1. The first kappa shape index (κ1) is 14.2. The lowest BCUT2D eigenvalue weighted by atomic mass is 10.1. The molecule has 0 bridgehead atoms. The lowest BCUT2D eigenvalue weighted by Gasteiger charge is -2.09. The van der Waals surface area contributed by atoms with Crippen molar-refractivity contribution < 1.29 is 9.21 Å². The van der Waals surface area contributed by atoms with E-state index in [9.17, 15) is 4.79 Å². The van der Waals surface area contributed by atoms with Gasteiger partial charge in [-0.05, 0) is 36.2 Å². The smallest absolute Gasteiger partial charge is 0.224 e. The maximum atomic E-state index is 11.7. The number of carbonyl (C=O) groups is 1. The molecule has 20 heavy (non-hydrogen) atoms. The van der Waals surface area contributed by atoms with Crippen molar-refractivity contribution in [3.05, 3.63) is 48.4 Å². The second kappa shape index (κ2) is 6.80. The standard InChI is InChI=1S/C16H20N2O2/c1-12(2)9-16(19)18-14-6-3-5-13(10-14)17-11-15-7-4-8-20-15/h3-8,10,12,17H,9,11H2,1-2H3,(H,18,19). The molecular weight excluding hydrogens is 252 g/mol. The number of nitrogens with one attached hydrogen (secondary N) is 2. The van der Waals surface area contributed by atoms with Crippen LogP contribution in [0.25, 0.3) is 0 Å². The lowest BCUT2D eigenvalue weighted by molar-refractivity contribution is -0.116. The van der Waals surface area contributed by atoms with E-state index in [1.807, 2.05) is 50.2 Å². The molecule has 0 aliphatic heterocycles. The maximum absolute atomic E-state index is 11.7. The average Bonchev–Trinajstić information content (AvgIpc) is 2.88. The van der Waals surface area contributed by atoms with Crippen LogP contribution in [0.1, 0.15) is 26.0 Å². The van der Waals surface area contributed by atoms with E-state index in [0.29, 0.717) is 18.9 Å². The third kappa shape index (κ3) is 4.46. The maximum Gasteiger partial charge on any atom is 0.224 e. The third-order valence-corrected chi connectivity index (χ3v) is 2.79. The first-order chi connectivity index (χ1) is 9.63. The number of anilines is 2. The first-order valence-corrected chi connectivity index (χ1v) is 6.79. The van der Waals surface area contributed by atoms with Crippen molar-refractivity contribution in [3.63, 3.8) is 0 Å². The molecule has 2 rings (SSSR count). The number of benzene rings is 1. The summed E-state index contributed by atoms with van der Waals surface area (Å²) in [4.78, 5) is 11.7. The highest BCUT2D eigenvalue weighted by molar-refractivity contribution is 5.91. The third-order valence-electron chi connectivity index (χ3n) is 2.79. The predicted octanol–water partition coefficient (Wildman–Crippen LogP) is 3.88. The van der Waals surface area contributed by atoms with E-state index in [2.05, 4.69) is 10.6 Å². The van der Waals surface area contributed by atoms with E-state index in [1.54, 1.807) is 6.26 Å². The normalized spacial score (nSPS) is 10.6. The first-order valence-electron chi connectivity index (χ1n) is 6.79. The van der Waals surface area contributed by atoms with Crippen LogP contribution in [-0.2, 0) is 11.3 Å². The summed E-state index contributed by atoms with van der Waals surface area (Å²) in [6.45, 7) is 4.68. The van der Waals surface area contributed by atoms with E-state index in [0.717, 1.165) is 17.1 Å². The van der Waals surface area contributed by atoms with Crippen molar-refractivity contribution in [2.45, 2.75) is 26.8 Å². The van der Waals surface area contributed by atoms with Crippen molar-refractivity contribution in [3.8, 4) is 0 Å². The van der Waals surface area contributed by atoms with E-state index < -0.39 is 0 Å². The Balaban J connectivity index is 1.92. The van der Waals surface area contributed by atoms with Gasteiger partial charge in [-0.15, -0.1) is 0 Å². The Morgan fingerprint density at radius 3 is 2.70 bits per heavy atom.